The highest BCUT2D eigenvalue weighted by Gasteiger charge is 2.32. The Morgan fingerprint density at radius 2 is 1.38 bits per heavy atom. The van der Waals surface area contributed by atoms with E-state index in [4.69, 9.17) is 0 Å². The van der Waals surface area contributed by atoms with Crippen LogP contribution in [-0.4, -0.2) is 63.1 Å². The second-order valence-electron chi connectivity index (χ2n) is 14.7. The molecule has 0 saturated carbocycles. The topological polar surface area (TPSA) is 97.8 Å². The van der Waals surface area contributed by atoms with Gasteiger partial charge in [-0.3, -0.25) is 9.69 Å². The summed E-state index contributed by atoms with van der Waals surface area (Å²) in [5.74, 6) is -0.232. The summed E-state index contributed by atoms with van der Waals surface area (Å²) in [6.45, 7) is 25.6. The van der Waals surface area contributed by atoms with Crippen molar-refractivity contribution in [1.29, 1.82) is 0 Å². The van der Waals surface area contributed by atoms with Gasteiger partial charge in [0.1, 0.15) is 6.04 Å². The Bertz CT molecular complexity index is 1710. The quantitative estimate of drug-likeness (QED) is 0.0838. The lowest BCUT2D eigenvalue weighted by molar-refractivity contribution is -0.124. The molecule has 3 amide bonds. The van der Waals surface area contributed by atoms with Gasteiger partial charge >= 0.3 is 6.03 Å². The summed E-state index contributed by atoms with van der Waals surface area (Å²) in [6.07, 6.45) is 11.0. The second kappa shape index (κ2) is 23.2. The Labute approximate surface area is 333 Å². The van der Waals surface area contributed by atoms with Gasteiger partial charge in [-0.1, -0.05) is 162 Å². The number of aliphatic hydroxyl groups is 1. The summed E-state index contributed by atoms with van der Waals surface area (Å²) < 4.78 is 0. The molecule has 2 unspecified atom stereocenters. The number of thiazole rings is 1. The van der Waals surface area contributed by atoms with Gasteiger partial charge in [-0.25, -0.2) is 9.78 Å². The molecule has 0 fully saturated rings. The summed E-state index contributed by atoms with van der Waals surface area (Å²) in [4.78, 5) is 36.0. The first-order valence-corrected chi connectivity index (χ1v) is 19.9. The van der Waals surface area contributed by atoms with Gasteiger partial charge < -0.3 is 20.6 Å². The molecular weight excluding hydrogens is 703 g/mol. The number of carbonyl (C=O) groups is 2. The SMILES string of the molecule is C=C/C=C\C(=C)C[C@@H](CC(O)[C@H](CC(=C)/C=C\C=C)N(Cc1ccccc1)Cc1ccccc1)NC(=O)C(NC(=O)N(C)Cc1csc(C(C)C)n1)C(C)C. The van der Waals surface area contributed by atoms with Gasteiger partial charge in [0.05, 0.1) is 23.4 Å². The van der Waals surface area contributed by atoms with Gasteiger partial charge in [-0.15, -0.1) is 11.3 Å². The Morgan fingerprint density at radius 3 is 1.87 bits per heavy atom. The smallest absolute Gasteiger partial charge is 0.318 e. The van der Waals surface area contributed by atoms with Crippen LogP contribution in [0.1, 0.15) is 74.7 Å². The molecule has 3 rings (SSSR count). The van der Waals surface area contributed by atoms with E-state index < -0.39 is 18.2 Å². The van der Waals surface area contributed by atoms with Crippen LogP contribution in [0.5, 0.6) is 0 Å². The number of rotatable bonds is 23. The highest BCUT2D eigenvalue weighted by molar-refractivity contribution is 7.09. The normalized spacial score (nSPS) is 13.8. The Kier molecular flexibility index (Phi) is 18.8. The van der Waals surface area contributed by atoms with Crippen molar-refractivity contribution in [3.8, 4) is 0 Å². The maximum absolute atomic E-state index is 14.1. The van der Waals surface area contributed by atoms with E-state index in [1.165, 1.54) is 4.90 Å². The predicted octanol–water partition coefficient (Wildman–Crippen LogP) is 9.12. The number of allylic oxidation sites excluding steroid dienone is 6. The molecule has 8 nitrogen and oxygen atoms in total. The molecule has 0 aliphatic rings. The third-order valence-electron chi connectivity index (χ3n) is 9.20. The zero-order valence-electron chi connectivity index (χ0n) is 33.4. The highest BCUT2D eigenvalue weighted by atomic mass is 32.1. The molecule has 0 aliphatic carbocycles. The first kappa shape index (κ1) is 44.6. The molecule has 55 heavy (non-hydrogen) atoms. The summed E-state index contributed by atoms with van der Waals surface area (Å²) in [5.41, 5.74) is 4.66. The zero-order valence-corrected chi connectivity index (χ0v) is 34.2. The van der Waals surface area contributed by atoms with E-state index in [9.17, 15) is 14.7 Å². The molecule has 1 heterocycles. The molecule has 3 N–H and O–H groups in total. The number of nitrogens with one attached hydrogen (secondary N) is 2. The third kappa shape index (κ3) is 15.4. The molecule has 9 heteroatoms. The number of hydrogen-bond acceptors (Lipinski definition) is 6. The summed E-state index contributed by atoms with van der Waals surface area (Å²) in [6, 6.07) is 18.4. The number of carbonyl (C=O) groups excluding carboxylic acids is 2. The van der Waals surface area contributed by atoms with Gasteiger partial charge in [-0.2, -0.15) is 0 Å². The molecule has 1 aromatic heterocycles. The van der Waals surface area contributed by atoms with Crippen molar-refractivity contribution in [2.24, 2.45) is 5.92 Å². The van der Waals surface area contributed by atoms with Crippen LogP contribution in [0.25, 0.3) is 0 Å². The van der Waals surface area contributed by atoms with Crippen LogP contribution in [0.15, 0.2) is 140 Å². The lowest BCUT2D eigenvalue weighted by Gasteiger charge is -2.37. The minimum absolute atomic E-state index is 0.210. The van der Waals surface area contributed by atoms with E-state index in [0.29, 0.717) is 38.4 Å². The van der Waals surface area contributed by atoms with Gasteiger partial charge in [0.15, 0.2) is 0 Å². The molecule has 2 aromatic carbocycles. The van der Waals surface area contributed by atoms with Crippen LogP contribution >= 0.6 is 11.3 Å². The number of aromatic nitrogens is 1. The van der Waals surface area contributed by atoms with E-state index in [1.807, 2.05) is 73.9 Å². The standard InChI is InChI=1S/C46H61N5O3S/c1-10-12-20-35(7)26-39(47-44(53)43(33(3)4)49-46(54)50(9)31-40-32-55-45(48-40)34(5)6)28-42(52)41(27-36(8)21-13-11-2)51(29-37-22-16-14-17-23-37)30-38-24-18-15-19-25-38/h10-25,32-34,39,41-43,52H,1-2,7-8,26-31H2,3-6,9H3,(H,47,53)(H,49,54)/b20-12-,21-13-/t39-,41-,42?,43?/m0/s1. The van der Waals surface area contributed by atoms with E-state index in [2.05, 4.69) is 84.9 Å². The largest absolute Gasteiger partial charge is 0.391 e. The molecule has 0 aliphatic heterocycles. The van der Waals surface area contributed by atoms with Crippen LogP contribution in [0.4, 0.5) is 4.79 Å². The fourth-order valence-corrected chi connectivity index (χ4v) is 7.08. The minimum atomic E-state index is -0.880. The average Bonchev–Trinajstić information content (AvgIpc) is 3.63. The Hall–Kier alpha value is -4.83. The van der Waals surface area contributed by atoms with Crippen molar-refractivity contribution in [3.05, 3.63) is 162 Å². The van der Waals surface area contributed by atoms with Crippen LogP contribution in [0, 0.1) is 5.92 Å². The first-order valence-electron chi connectivity index (χ1n) is 19.0. The summed E-state index contributed by atoms with van der Waals surface area (Å²) in [5, 5.41) is 21.4. The Balaban J connectivity index is 1.91. The van der Waals surface area contributed by atoms with E-state index in [1.54, 1.807) is 36.6 Å². The summed E-state index contributed by atoms with van der Waals surface area (Å²) in [7, 11) is 1.70. The van der Waals surface area contributed by atoms with Gasteiger partial charge in [0, 0.05) is 43.5 Å². The molecular formula is C46H61N5O3S. The third-order valence-corrected chi connectivity index (χ3v) is 10.4. The summed E-state index contributed by atoms with van der Waals surface area (Å²) >= 11 is 1.58. The lowest BCUT2D eigenvalue weighted by atomic mass is 9.91. The minimum Gasteiger partial charge on any atom is -0.391 e. The Morgan fingerprint density at radius 1 is 0.836 bits per heavy atom. The zero-order chi connectivity index (χ0) is 40.3. The van der Waals surface area contributed by atoms with Gasteiger partial charge in [0.2, 0.25) is 5.91 Å². The van der Waals surface area contributed by atoms with Crippen LogP contribution in [-0.2, 0) is 24.4 Å². The number of hydrogen-bond donors (Lipinski definition) is 3. The average molecular weight is 764 g/mol. The van der Waals surface area contributed by atoms with Crippen LogP contribution in [0.3, 0.4) is 0 Å². The van der Waals surface area contributed by atoms with Crippen molar-refractivity contribution < 1.29 is 14.7 Å². The van der Waals surface area contributed by atoms with Crippen molar-refractivity contribution in [2.45, 2.75) is 96.7 Å². The second-order valence-corrected chi connectivity index (χ2v) is 15.6. The van der Waals surface area contributed by atoms with Crippen molar-refractivity contribution in [3.63, 3.8) is 0 Å². The molecule has 0 spiro atoms. The van der Waals surface area contributed by atoms with E-state index >= 15 is 0 Å². The molecule has 3 aromatic rings. The van der Waals surface area contributed by atoms with Gasteiger partial charge in [0.25, 0.3) is 0 Å². The van der Waals surface area contributed by atoms with Crippen molar-refractivity contribution in [1.82, 2.24) is 25.4 Å². The number of amides is 3. The van der Waals surface area contributed by atoms with Crippen LogP contribution in [0.2, 0.25) is 0 Å². The molecule has 0 radical (unpaired) electrons. The lowest BCUT2D eigenvalue weighted by Crippen LogP contribution is -2.55. The molecule has 0 bridgehead atoms. The highest BCUT2D eigenvalue weighted by Crippen LogP contribution is 2.25. The number of nitrogens with zero attached hydrogens (tertiary/aromatic N) is 3. The van der Waals surface area contributed by atoms with Crippen LogP contribution < -0.4 is 10.6 Å². The van der Waals surface area contributed by atoms with E-state index in [-0.39, 0.29) is 30.3 Å². The predicted molar refractivity (Wildman–Crippen MR) is 229 cm³/mol. The number of urea groups is 1. The van der Waals surface area contributed by atoms with Crippen molar-refractivity contribution >= 4 is 23.3 Å². The maximum Gasteiger partial charge on any atom is 0.318 e. The first-order chi connectivity index (χ1) is 26.3. The van der Waals surface area contributed by atoms with E-state index in [0.717, 1.165) is 33.0 Å². The fourth-order valence-electron chi connectivity index (χ4n) is 6.25. The number of aliphatic hydroxyl groups excluding tert-OH is 1. The van der Waals surface area contributed by atoms with Gasteiger partial charge in [-0.05, 0) is 36.3 Å². The van der Waals surface area contributed by atoms with Crippen molar-refractivity contribution in [2.75, 3.05) is 7.05 Å². The molecule has 4 atom stereocenters. The fraction of sp³-hybridized carbons (Fsp3) is 0.370. The monoisotopic (exact) mass is 763 g/mol. The molecule has 294 valence electrons. The number of benzene rings is 2. The molecule has 0 saturated heterocycles. The maximum atomic E-state index is 14.1.